The molecule has 7 nitrogen and oxygen atoms in total. The number of nitrogens with zero attached hydrogens (tertiary/aromatic N) is 2. The Hall–Kier alpha value is -1.79. The summed E-state index contributed by atoms with van der Waals surface area (Å²) in [7, 11) is 0. The highest BCUT2D eigenvalue weighted by Gasteiger charge is 2.15. The number of likely N-dealkylation sites (tertiary alicyclic amines) is 1. The first-order valence-corrected chi connectivity index (χ1v) is 9.24. The molecule has 0 unspecified atom stereocenters. The Morgan fingerprint density at radius 1 is 1.12 bits per heavy atom. The Kier molecular flexibility index (Phi) is 10.6. The number of hydrogen-bond donors (Lipinski definition) is 3. The maximum absolute atomic E-state index is 11.9. The smallest absolute Gasteiger partial charge is 0.241 e. The Morgan fingerprint density at radius 3 is 2.71 bits per heavy atom. The van der Waals surface area contributed by atoms with E-state index in [0.29, 0.717) is 18.9 Å². The highest BCUT2D eigenvalue weighted by atomic mass is 16.2. The molecule has 1 fully saturated rings. The second-order valence-electron chi connectivity index (χ2n) is 6.02. The summed E-state index contributed by atoms with van der Waals surface area (Å²) in [4.78, 5) is 29.8. The van der Waals surface area contributed by atoms with Gasteiger partial charge < -0.3 is 20.9 Å². The number of aliphatic imine (C=N–C) groups is 1. The van der Waals surface area contributed by atoms with Crippen molar-refractivity contribution in [3.63, 3.8) is 0 Å². The molecule has 2 amide bonds. The molecule has 3 N–H and O–H groups in total. The van der Waals surface area contributed by atoms with E-state index in [1.807, 2.05) is 18.7 Å². The fourth-order valence-electron chi connectivity index (χ4n) is 2.56. The van der Waals surface area contributed by atoms with Gasteiger partial charge in [-0.15, -0.1) is 0 Å². The first-order chi connectivity index (χ1) is 11.7. The molecule has 1 heterocycles. The summed E-state index contributed by atoms with van der Waals surface area (Å²) < 4.78 is 0. The summed E-state index contributed by atoms with van der Waals surface area (Å²) >= 11 is 0. The average Bonchev–Trinajstić information content (AvgIpc) is 2.78. The van der Waals surface area contributed by atoms with Gasteiger partial charge >= 0.3 is 0 Å². The molecule has 1 saturated heterocycles. The zero-order chi connectivity index (χ0) is 17.6. The van der Waals surface area contributed by atoms with Gasteiger partial charge in [0, 0.05) is 39.1 Å². The van der Waals surface area contributed by atoms with Crippen molar-refractivity contribution in [2.75, 3.05) is 39.3 Å². The lowest BCUT2D eigenvalue weighted by Gasteiger charge is -2.20. The van der Waals surface area contributed by atoms with Gasteiger partial charge in [-0.1, -0.05) is 13.3 Å². The maximum atomic E-state index is 11.9. The Bertz CT molecular complexity index is 412. The predicted octanol–water partition coefficient (Wildman–Crippen LogP) is 0.860. The van der Waals surface area contributed by atoms with E-state index in [1.165, 1.54) is 0 Å². The Morgan fingerprint density at radius 2 is 1.96 bits per heavy atom. The van der Waals surface area contributed by atoms with Crippen LogP contribution in [0.3, 0.4) is 0 Å². The van der Waals surface area contributed by atoms with Gasteiger partial charge in [0.05, 0.1) is 0 Å². The maximum Gasteiger partial charge on any atom is 0.241 e. The summed E-state index contributed by atoms with van der Waals surface area (Å²) in [5.41, 5.74) is 0. The molecule has 7 heteroatoms. The topological polar surface area (TPSA) is 85.8 Å². The lowest BCUT2D eigenvalue weighted by molar-refractivity contribution is -0.130. The fraction of sp³-hybridized carbons (Fsp3) is 0.824. The summed E-state index contributed by atoms with van der Waals surface area (Å²) in [6.07, 6.45) is 5.75. The third-order valence-electron chi connectivity index (χ3n) is 3.87. The molecular weight excluding hydrogens is 306 g/mol. The van der Waals surface area contributed by atoms with Gasteiger partial charge in [0.1, 0.15) is 6.54 Å². The van der Waals surface area contributed by atoms with Gasteiger partial charge in [0.15, 0.2) is 5.96 Å². The largest absolute Gasteiger partial charge is 0.357 e. The summed E-state index contributed by atoms with van der Waals surface area (Å²) in [5.74, 6) is 0.858. The molecule has 1 aliphatic rings. The van der Waals surface area contributed by atoms with Crippen LogP contribution in [0.5, 0.6) is 0 Å². The highest BCUT2D eigenvalue weighted by Crippen LogP contribution is 2.11. The van der Waals surface area contributed by atoms with Crippen molar-refractivity contribution in [3.8, 4) is 0 Å². The van der Waals surface area contributed by atoms with Crippen molar-refractivity contribution < 1.29 is 9.59 Å². The van der Waals surface area contributed by atoms with Gasteiger partial charge in [0.25, 0.3) is 0 Å². The van der Waals surface area contributed by atoms with Gasteiger partial charge in [-0.3, -0.25) is 9.59 Å². The predicted molar refractivity (Wildman–Crippen MR) is 96.9 cm³/mol. The van der Waals surface area contributed by atoms with Gasteiger partial charge in [-0.2, -0.15) is 0 Å². The van der Waals surface area contributed by atoms with E-state index < -0.39 is 0 Å². The minimum absolute atomic E-state index is 0.0655. The van der Waals surface area contributed by atoms with Crippen LogP contribution in [0.25, 0.3) is 0 Å². The molecule has 0 aromatic heterocycles. The SMILES string of the molecule is CCCNC(=O)CN=C(NCC)NCCCN1CCCCCC1=O. The minimum atomic E-state index is -0.0655. The summed E-state index contributed by atoms with van der Waals surface area (Å²) in [6, 6.07) is 0. The Balaban J connectivity index is 2.29. The fourth-order valence-corrected chi connectivity index (χ4v) is 2.56. The molecule has 0 spiro atoms. The minimum Gasteiger partial charge on any atom is -0.357 e. The van der Waals surface area contributed by atoms with Crippen LogP contribution >= 0.6 is 0 Å². The molecule has 0 radical (unpaired) electrons. The van der Waals surface area contributed by atoms with Gasteiger partial charge in [-0.05, 0) is 32.6 Å². The third-order valence-corrected chi connectivity index (χ3v) is 3.87. The van der Waals surface area contributed by atoms with Crippen LogP contribution in [0.1, 0.15) is 52.4 Å². The quantitative estimate of drug-likeness (QED) is 0.330. The van der Waals surface area contributed by atoms with E-state index in [-0.39, 0.29) is 18.4 Å². The average molecular weight is 339 g/mol. The molecule has 1 aliphatic heterocycles. The monoisotopic (exact) mass is 339 g/mol. The van der Waals surface area contributed by atoms with Crippen LogP contribution in [0.15, 0.2) is 4.99 Å². The molecule has 24 heavy (non-hydrogen) atoms. The van der Waals surface area contributed by atoms with Crippen LogP contribution in [0, 0.1) is 0 Å². The molecule has 0 saturated carbocycles. The second kappa shape index (κ2) is 12.6. The molecule has 0 atom stereocenters. The zero-order valence-electron chi connectivity index (χ0n) is 15.2. The molecule has 0 aromatic carbocycles. The van der Waals surface area contributed by atoms with Crippen LogP contribution in [0.4, 0.5) is 0 Å². The van der Waals surface area contributed by atoms with Crippen molar-refractivity contribution in [2.24, 2.45) is 4.99 Å². The molecule has 0 aromatic rings. The number of hydrogen-bond acceptors (Lipinski definition) is 3. The van der Waals surface area contributed by atoms with E-state index in [9.17, 15) is 9.59 Å². The molecule has 0 aliphatic carbocycles. The lowest BCUT2D eigenvalue weighted by atomic mass is 10.2. The van der Waals surface area contributed by atoms with Crippen molar-refractivity contribution in [2.45, 2.75) is 52.4 Å². The number of nitrogens with one attached hydrogen (secondary N) is 3. The standard InChI is InChI=1S/C17H33N5O2/c1-3-10-19-15(23)14-21-17(18-4-2)20-11-8-13-22-12-7-5-6-9-16(22)24/h3-14H2,1-2H3,(H,19,23)(H2,18,20,21). The second-order valence-corrected chi connectivity index (χ2v) is 6.02. The van der Waals surface area contributed by atoms with Crippen LogP contribution < -0.4 is 16.0 Å². The van der Waals surface area contributed by atoms with Crippen molar-refractivity contribution >= 4 is 17.8 Å². The molecular formula is C17H33N5O2. The van der Waals surface area contributed by atoms with E-state index in [4.69, 9.17) is 0 Å². The number of rotatable bonds is 9. The number of carbonyl (C=O) groups is 2. The van der Waals surface area contributed by atoms with E-state index in [1.54, 1.807) is 0 Å². The van der Waals surface area contributed by atoms with Crippen molar-refractivity contribution in [1.82, 2.24) is 20.9 Å². The van der Waals surface area contributed by atoms with Crippen LogP contribution in [-0.2, 0) is 9.59 Å². The van der Waals surface area contributed by atoms with Crippen LogP contribution in [0.2, 0.25) is 0 Å². The number of amides is 2. The first kappa shape index (κ1) is 20.3. The zero-order valence-corrected chi connectivity index (χ0v) is 15.2. The number of guanidine groups is 1. The lowest BCUT2D eigenvalue weighted by Crippen LogP contribution is -2.40. The first-order valence-electron chi connectivity index (χ1n) is 9.24. The van der Waals surface area contributed by atoms with Crippen molar-refractivity contribution in [1.29, 1.82) is 0 Å². The number of carbonyl (C=O) groups excluding carboxylic acids is 2. The summed E-state index contributed by atoms with van der Waals surface area (Å²) in [5, 5.41) is 9.16. The molecule has 0 bridgehead atoms. The van der Waals surface area contributed by atoms with E-state index in [0.717, 1.165) is 58.3 Å². The summed E-state index contributed by atoms with van der Waals surface area (Å²) in [6.45, 7) is 7.95. The van der Waals surface area contributed by atoms with Crippen LogP contribution in [-0.4, -0.2) is 61.9 Å². The van der Waals surface area contributed by atoms with Gasteiger partial charge in [-0.25, -0.2) is 4.99 Å². The molecule has 138 valence electrons. The Labute approximate surface area is 145 Å². The third kappa shape index (κ3) is 8.74. The van der Waals surface area contributed by atoms with E-state index >= 15 is 0 Å². The van der Waals surface area contributed by atoms with E-state index in [2.05, 4.69) is 20.9 Å². The van der Waals surface area contributed by atoms with Gasteiger partial charge in [0.2, 0.25) is 11.8 Å². The molecule has 1 rings (SSSR count). The normalized spacial score (nSPS) is 15.8. The van der Waals surface area contributed by atoms with Crippen molar-refractivity contribution in [3.05, 3.63) is 0 Å². The highest BCUT2D eigenvalue weighted by molar-refractivity contribution is 5.84.